The van der Waals surface area contributed by atoms with Crippen LogP contribution in [0.2, 0.25) is 0 Å². The maximum atomic E-state index is 12.6. The van der Waals surface area contributed by atoms with Gasteiger partial charge in [0.1, 0.15) is 4.21 Å². The molecule has 1 aliphatic rings. The van der Waals surface area contributed by atoms with E-state index in [0.29, 0.717) is 28.5 Å². The maximum Gasteiger partial charge on any atom is 0.252 e. The van der Waals surface area contributed by atoms with Crippen molar-refractivity contribution in [3.63, 3.8) is 0 Å². The van der Waals surface area contributed by atoms with Crippen LogP contribution in [0.1, 0.15) is 32.6 Å². The van der Waals surface area contributed by atoms with Crippen LogP contribution < -0.4 is 5.32 Å². The highest BCUT2D eigenvalue weighted by atomic mass is 127. The molecule has 0 bridgehead atoms. The van der Waals surface area contributed by atoms with Gasteiger partial charge in [0.2, 0.25) is 0 Å². The van der Waals surface area contributed by atoms with Gasteiger partial charge in [-0.3, -0.25) is 4.99 Å². The summed E-state index contributed by atoms with van der Waals surface area (Å²) in [5.74, 6) is 2.72. The zero-order valence-electron chi connectivity index (χ0n) is 18.1. The van der Waals surface area contributed by atoms with Gasteiger partial charge in [0.15, 0.2) is 5.96 Å². The molecule has 0 aliphatic carbocycles. The number of rotatable bonds is 8. The Hall–Kier alpha value is -0.0400. The number of thioether (sulfide) groups is 1. The Kier molecular flexibility index (Phi) is 11.8. The minimum Gasteiger partial charge on any atom is -0.356 e. The third-order valence-electron chi connectivity index (χ3n) is 4.94. The SMILES string of the molecule is CCN(CC)S(=O)(=O)c1ccc(CCNC(=NC)N2CCSC(C(C)C)C2)s1.I. The van der Waals surface area contributed by atoms with Crippen LogP contribution in [0.15, 0.2) is 21.3 Å². The number of nitrogens with zero attached hydrogens (tertiary/aromatic N) is 3. The highest BCUT2D eigenvalue weighted by Gasteiger charge is 2.25. The predicted octanol–water partition coefficient (Wildman–Crippen LogP) is 3.59. The molecule has 6 nitrogen and oxygen atoms in total. The fourth-order valence-corrected chi connectivity index (χ4v) is 7.49. The molecule has 1 saturated heterocycles. The number of nitrogens with one attached hydrogen (secondary N) is 1. The number of thiophene rings is 1. The number of hydrogen-bond acceptors (Lipinski definition) is 5. The zero-order valence-corrected chi connectivity index (χ0v) is 22.8. The monoisotopic (exact) mass is 574 g/mol. The van der Waals surface area contributed by atoms with Crippen LogP contribution in [0, 0.1) is 5.92 Å². The molecule has 0 amide bonds. The molecule has 1 aromatic rings. The highest BCUT2D eigenvalue weighted by molar-refractivity contribution is 14.0. The molecule has 0 spiro atoms. The second-order valence-corrected chi connectivity index (χ2v) is 11.8. The van der Waals surface area contributed by atoms with Gasteiger partial charge < -0.3 is 10.2 Å². The fraction of sp³-hybridized carbons (Fsp3) is 0.737. The molecule has 2 rings (SSSR count). The summed E-state index contributed by atoms with van der Waals surface area (Å²) in [5, 5.41) is 4.09. The van der Waals surface area contributed by atoms with E-state index >= 15 is 0 Å². The average molecular weight is 575 g/mol. The average Bonchev–Trinajstić information content (AvgIpc) is 3.16. The van der Waals surface area contributed by atoms with Gasteiger partial charge in [-0.15, -0.1) is 35.3 Å². The Labute approximate surface area is 202 Å². The van der Waals surface area contributed by atoms with Gasteiger partial charge in [0, 0.05) is 55.7 Å². The highest BCUT2D eigenvalue weighted by Crippen LogP contribution is 2.26. The van der Waals surface area contributed by atoms with Crippen molar-refractivity contribution < 1.29 is 8.42 Å². The molecule has 1 atom stereocenters. The van der Waals surface area contributed by atoms with Crippen molar-refractivity contribution >= 4 is 63.1 Å². The number of guanidine groups is 1. The number of hydrogen-bond donors (Lipinski definition) is 1. The number of halogens is 1. The van der Waals surface area contributed by atoms with Crippen molar-refractivity contribution in [3.05, 3.63) is 17.0 Å². The molecule has 1 unspecified atom stereocenters. The van der Waals surface area contributed by atoms with Crippen molar-refractivity contribution in [2.45, 2.75) is 43.6 Å². The summed E-state index contributed by atoms with van der Waals surface area (Å²) in [6.07, 6.45) is 0.785. The third kappa shape index (κ3) is 7.26. The first-order chi connectivity index (χ1) is 13.3. The van der Waals surface area contributed by atoms with Gasteiger partial charge in [-0.05, 0) is 24.5 Å². The summed E-state index contributed by atoms with van der Waals surface area (Å²) in [6.45, 7) is 12.1. The van der Waals surface area contributed by atoms with Gasteiger partial charge in [-0.1, -0.05) is 27.7 Å². The lowest BCUT2D eigenvalue weighted by molar-refractivity contribution is 0.381. The minimum atomic E-state index is -3.36. The quantitative estimate of drug-likeness (QED) is 0.292. The fourth-order valence-electron chi connectivity index (χ4n) is 3.22. The number of aliphatic imine (C=N–C) groups is 1. The van der Waals surface area contributed by atoms with Crippen LogP contribution in [0.4, 0.5) is 0 Å². The summed E-state index contributed by atoms with van der Waals surface area (Å²) in [7, 11) is -1.53. The van der Waals surface area contributed by atoms with Gasteiger partial charge in [0.25, 0.3) is 10.0 Å². The Bertz CT molecular complexity index is 748. The maximum absolute atomic E-state index is 12.6. The third-order valence-corrected chi connectivity index (χ3v) is 10.1. The molecule has 1 N–H and O–H groups in total. The predicted molar refractivity (Wildman–Crippen MR) is 138 cm³/mol. The van der Waals surface area contributed by atoms with Crippen LogP contribution in [0.5, 0.6) is 0 Å². The molecular formula is C19H35IN4O2S3. The first-order valence-electron chi connectivity index (χ1n) is 9.99. The molecular weight excluding hydrogens is 539 g/mol. The van der Waals surface area contributed by atoms with Gasteiger partial charge in [-0.25, -0.2) is 8.42 Å². The van der Waals surface area contributed by atoms with E-state index < -0.39 is 10.0 Å². The zero-order chi connectivity index (χ0) is 20.7. The summed E-state index contributed by atoms with van der Waals surface area (Å²) < 4.78 is 27.2. The van der Waals surface area contributed by atoms with E-state index in [4.69, 9.17) is 0 Å². The van der Waals surface area contributed by atoms with E-state index in [1.807, 2.05) is 27.0 Å². The Morgan fingerprint density at radius 1 is 1.34 bits per heavy atom. The lowest BCUT2D eigenvalue weighted by atomic mass is 10.1. The molecule has 168 valence electrons. The van der Waals surface area contributed by atoms with Crippen molar-refractivity contribution in [1.29, 1.82) is 0 Å². The van der Waals surface area contributed by atoms with Crippen molar-refractivity contribution in [2.24, 2.45) is 10.9 Å². The van der Waals surface area contributed by atoms with Crippen LogP contribution >= 0.6 is 47.1 Å². The molecule has 29 heavy (non-hydrogen) atoms. The van der Waals surface area contributed by atoms with Crippen molar-refractivity contribution in [2.75, 3.05) is 45.5 Å². The summed E-state index contributed by atoms with van der Waals surface area (Å²) in [6, 6.07) is 3.66. The molecule has 1 aromatic heterocycles. The standard InChI is InChI=1S/C19H34N4O2S3.HI/c1-6-23(7-2)28(24,25)18-9-8-16(27-18)10-11-21-19(20-5)22-12-13-26-17(14-22)15(3)4;/h8-9,15,17H,6-7,10-14H2,1-5H3,(H,20,21);1H. The second kappa shape index (κ2) is 12.7. The Morgan fingerprint density at radius 3 is 2.62 bits per heavy atom. The summed E-state index contributed by atoms with van der Waals surface area (Å²) in [5.41, 5.74) is 0. The van der Waals surface area contributed by atoms with Crippen molar-refractivity contribution in [3.8, 4) is 0 Å². The molecule has 0 radical (unpaired) electrons. The Balaban J connectivity index is 0.00000420. The van der Waals surface area contributed by atoms with Crippen LogP contribution in [-0.4, -0.2) is 74.4 Å². The molecule has 1 fully saturated rings. The van der Waals surface area contributed by atoms with Crippen LogP contribution in [0.3, 0.4) is 0 Å². The first-order valence-corrected chi connectivity index (χ1v) is 13.3. The van der Waals surface area contributed by atoms with E-state index in [1.165, 1.54) is 15.6 Å². The number of sulfonamides is 1. The summed E-state index contributed by atoms with van der Waals surface area (Å²) >= 11 is 3.42. The van der Waals surface area contributed by atoms with Gasteiger partial charge >= 0.3 is 0 Å². The second-order valence-electron chi connectivity index (χ2n) is 7.13. The van der Waals surface area contributed by atoms with E-state index in [1.54, 1.807) is 6.07 Å². The van der Waals surface area contributed by atoms with Gasteiger partial charge in [-0.2, -0.15) is 16.1 Å². The largest absolute Gasteiger partial charge is 0.356 e. The van der Waals surface area contributed by atoms with Gasteiger partial charge in [0.05, 0.1) is 0 Å². The molecule has 1 aliphatic heterocycles. The smallest absolute Gasteiger partial charge is 0.252 e. The lowest BCUT2D eigenvalue weighted by Gasteiger charge is -2.36. The van der Waals surface area contributed by atoms with Crippen LogP contribution in [0.25, 0.3) is 0 Å². The lowest BCUT2D eigenvalue weighted by Crippen LogP contribution is -2.49. The molecule has 2 heterocycles. The Morgan fingerprint density at radius 2 is 2.03 bits per heavy atom. The summed E-state index contributed by atoms with van der Waals surface area (Å²) in [4.78, 5) is 7.86. The van der Waals surface area contributed by atoms with Crippen LogP contribution in [-0.2, 0) is 16.4 Å². The van der Waals surface area contributed by atoms with E-state index in [0.717, 1.165) is 42.6 Å². The normalized spacial score (nSPS) is 18.2. The molecule has 0 saturated carbocycles. The molecule has 10 heteroatoms. The minimum absolute atomic E-state index is 0. The van der Waals surface area contributed by atoms with E-state index in [9.17, 15) is 8.42 Å². The topological polar surface area (TPSA) is 65.0 Å². The van der Waals surface area contributed by atoms with Crippen molar-refractivity contribution in [1.82, 2.24) is 14.5 Å². The van der Waals surface area contributed by atoms with E-state index in [2.05, 4.69) is 40.8 Å². The van der Waals surface area contributed by atoms with E-state index in [-0.39, 0.29) is 24.0 Å². The molecule has 0 aromatic carbocycles. The first kappa shape index (κ1) is 27.0.